The highest BCUT2D eigenvalue weighted by atomic mass is 19.4. The summed E-state index contributed by atoms with van der Waals surface area (Å²) in [6.07, 6.45) is -2.65. The molecule has 0 bridgehead atoms. The van der Waals surface area contributed by atoms with Gasteiger partial charge in [0.25, 0.3) is 0 Å². The molecule has 1 saturated heterocycles. The van der Waals surface area contributed by atoms with Gasteiger partial charge < -0.3 is 15.2 Å². The molecule has 1 aliphatic heterocycles. The first-order chi connectivity index (χ1) is 17.3. The Morgan fingerprint density at radius 3 is 2.64 bits per heavy atom. The number of nitrogens with zero attached hydrogens (tertiary/aromatic N) is 5. The molecule has 190 valence electrons. The average Bonchev–Trinajstić information content (AvgIpc) is 3.46. The van der Waals surface area contributed by atoms with Crippen molar-refractivity contribution in [2.24, 2.45) is 5.73 Å². The number of hydrogen-bond acceptors (Lipinski definition) is 7. The third kappa shape index (κ3) is 4.59. The van der Waals surface area contributed by atoms with E-state index in [2.05, 4.69) is 15.2 Å². The molecule has 1 fully saturated rings. The summed E-state index contributed by atoms with van der Waals surface area (Å²) in [6.45, 7) is 0.857. The highest BCUT2D eigenvalue weighted by Crippen LogP contribution is 2.39. The smallest absolute Gasteiger partial charge is 0.408 e. The van der Waals surface area contributed by atoms with E-state index in [0.717, 1.165) is 0 Å². The normalized spacial score (nSPS) is 17.8. The van der Waals surface area contributed by atoms with Crippen LogP contribution in [-0.4, -0.2) is 70.1 Å². The molecule has 0 spiro atoms. The van der Waals surface area contributed by atoms with E-state index in [1.807, 2.05) is 0 Å². The van der Waals surface area contributed by atoms with Crippen LogP contribution in [0.2, 0.25) is 0 Å². The first-order valence-corrected chi connectivity index (χ1v) is 11.4. The summed E-state index contributed by atoms with van der Waals surface area (Å²) in [5, 5.41) is 8.72. The van der Waals surface area contributed by atoms with Crippen LogP contribution >= 0.6 is 0 Å². The molecule has 0 radical (unpaired) electrons. The van der Waals surface area contributed by atoms with E-state index in [1.165, 1.54) is 40.8 Å². The molecule has 2 N–H and O–H groups in total. The van der Waals surface area contributed by atoms with Gasteiger partial charge in [0.15, 0.2) is 23.0 Å². The van der Waals surface area contributed by atoms with Gasteiger partial charge in [-0.15, -0.1) is 10.2 Å². The summed E-state index contributed by atoms with van der Waals surface area (Å²) < 4.78 is 69.2. The van der Waals surface area contributed by atoms with Gasteiger partial charge in [0, 0.05) is 37.8 Å². The Kier molecular flexibility index (Phi) is 6.49. The van der Waals surface area contributed by atoms with Gasteiger partial charge in [-0.3, -0.25) is 9.30 Å². The second-order valence-corrected chi connectivity index (χ2v) is 8.69. The minimum atomic E-state index is -4.50. The van der Waals surface area contributed by atoms with Crippen molar-refractivity contribution in [2.75, 3.05) is 33.4 Å². The van der Waals surface area contributed by atoms with Crippen LogP contribution in [0.15, 0.2) is 42.6 Å². The number of methoxy groups -OCH3 is 1. The molecule has 1 aromatic carbocycles. The maximum Gasteiger partial charge on any atom is 0.408 e. The lowest BCUT2D eigenvalue weighted by molar-refractivity contribution is -0.183. The number of likely N-dealkylation sites (tertiary alicyclic amines) is 1. The molecule has 1 aliphatic rings. The number of nitrogens with two attached hydrogens (primary N) is 1. The van der Waals surface area contributed by atoms with Gasteiger partial charge >= 0.3 is 6.18 Å². The predicted octanol–water partition coefficient (Wildman–Crippen LogP) is 3.75. The number of fused-ring (bicyclic) bond motifs is 2. The second kappa shape index (κ2) is 9.60. The van der Waals surface area contributed by atoms with Crippen LogP contribution in [-0.2, 0) is 4.74 Å². The Bertz CT molecular complexity index is 1390. The first kappa shape index (κ1) is 24.3. The van der Waals surface area contributed by atoms with Crippen molar-refractivity contribution in [1.29, 1.82) is 0 Å². The van der Waals surface area contributed by atoms with E-state index in [0.29, 0.717) is 24.1 Å². The van der Waals surface area contributed by atoms with E-state index in [1.54, 1.807) is 18.2 Å². The molecule has 2 atom stereocenters. The number of benzene rings is 1. The van der Waals surface area contributed by atoms with Crippen molar-refractivity contribution in [3.8, 4) is 17.3 Å². The van der Waals surface area contributed by atoms with Gasteiger partial charge in [0.2, 0.25) is 0 Å². The maximum atomic E-state index is 15.1. The monoisotopic (exact) mass is 504 g/mol. The number of ether oxygens (including phenoxy) is 2. The molecule has 0 amide bonds. The molecule has 36 heavy (non-hydrogen) atoms. The third-order valence-electron chi connectivity index (χ3n) is 6.21. The zero-order chi connectivity index (χ0) is 25.4. The molecule has 5 rings (SSSR count). The van der Waals surface area contributed by atoms with E-state index in [4.69, 9.17) is 15.2 Å². The van der Waals surface area contributed by atoms with Gasteiger partial charge in [0.1, 0.15) is 23.9 Å². The molecular weight excluding hydrogens is 480 g/mol. The van der Waals surface area contributed by atoms with Crippen LogP contribution in [0.5, 0.6) is 5.75 Å². The summed E-state index contributed by atoms with van der Waals surface area (Å²) in [6, 6.07) is 7.22. The Hall–Kier alpha value is -3.35. The number of pyridine rings is 2. The van der Waals surface area contributed by atoms with Gasteiger partial charge in [-0.25, -0.2) is 9.37 Å². The van der Waals surface area contributed by atoms with E-state index >= 15 is 4.39 Å². The number of hydrogen-bond donors (Lipinski definition) is 1. The van der Waals surface area contributed by atoms with Crippen molar-refractivity contribution in [3.63, 3.8) is 0 Å². The van der Waals surface area contributed by atoms with Gasteiger partial charge in [0.05, 0.1) is 6.61 Å². The minimum absolute atomic E-state index is 0.0226. The van der Waals surface area contributed by atoms with Crippen LogP contribution in [0.3, 0.4) is 0 Å². The summed E-state index contributed by atoms with van der Waals surface area (Å²) in [7, 11) is 1.51. The summed E-state index contributed by atoms with van der Waals surface area (Å²) in [5.74, 6) is -0.435. The third-order valence-corrected chi connectivity index (χ3v) is 6.21. The first-order valence-electron chi connectivity index (χ1n) is 11.4. The van der Waals surface area contributed by atoms with Gasteiger partial charge in [-0.1, -0.05) is 12.1 Å². The molecule has 3 aromatic heterocycles. The molecular formula is C24H24F4N6O2. The average molecular weight is 504 g/mol. The van der Waals surface area contributed by atoms with Crippen molar-refractivity contribution in [3.05, 3.63) is 54.0 Å². The Morgan fingerprint density at radius 2 is 1.92 bits per heavy atom. The van der Waals surface area contributed by atoms with Crippen LogP contribution in [0.25, 0.3) is 28.1 Å². The number of halogens is 4. The number of aromatic nitrogens is 4. The lowest BCUT2D eigenvalue weighted by atomic mass is 10.1. The lowest BCUT2D eigenvalue weighted by Gasteiger charge is -2.30. The van der Waals surface area contributed by atoms with Gasteiger partial charge in [-0.2, -0.15) is 13.2 Å². The minimum Gasteiger partial charge on any atom is -0.488 e. The predicted molar refractivity (Wildman–Crippen MR) is 124 cm³/mol. The molecule has 12 heteroatoms. The quantitative estimate of drug-likeness (QED) is 0.303. The Labute approximate surface area is 203 Å². The zero-order valence-electron chi connectivity index (χ0n) is 19.4. The van der Waals surface area contributed by atoms with Crippen LogP contribution in [0.4, 0.5) is 17.6 Å². The number of rotatable bonds is 7. The topological polar surface area (TPSA) is 90.8 Å². The SMILES string of the molecule is COCCOc1ccc2ccc(-c3nnc4ccc([C@@H](N5CCC(N)C5)C(F)(F)F)cn34)nc2c1F. The second-order valence-electron chi connectivity index (χ2n) is 8.69. The molecule has 1 unspecified atom stereocenters. The van der Waals surface area contributed by atoms with Crippen molar-refractivity contribution in [2.45, 2.75) is 24.7 Å². The van der Waals surface area contributed by atoms with Crippen molar-refractivity contribution >= 4 is 16.6 Å². The zero-order valence-corrected chi connectivity index (χ0v) is 19.4. The highest BCUT2D eigenvalue weighted by Gasteiger charge is 2.46. The van der Waals surface area contributed by atoms with Crippen LogP contribution in [0, 0.1) is 5.82 Å². The largest absolute Gasteiger partial charge is 0.488 e. The Morgan fingerprint density at radius 1 is 1.11 bits per heavy atom. The summed E-state index contributed by atoms with van der Waals surface area (Å²) >= 11 is 0. The molecule has 4 aromatic rings. The standard InChI is InChI=1S/C24H24F4N6O2/c1-35-10-11-36-18-6-3-14-2-5-17(30-21(14)20(18)25)23-32-31-19-7-4-15(12-34(19)23)22(24(26,27)28)33-9-8-16(29)13-33/h2-7,12,16,22H,8-11,13,29H2,1H3/t16?,22-/m1/s1. The van der Waals surface area contributed by atoms with Gasteiger partial charge in [-0.05, 0) is 36.2 Å². The van der Waals surface area contributed by atoms with E-state index in [9.17, 15) is 13.2 Å². The molecule has 8 nitrogen and oxygen atoms in total. The summed E-state index contributed by atoms with van der Waals surface area (Å²) in [4.78, 5) is 5.75. The highest BCUT2D eigenvalue weighted by molar-refractivity contribution is 5.83. The van der Waals surface area contributed by atoms with Crippen molar-refractivity contribution < 1.29 is 27.0 Å². The van der Waals surface area contributed by atoms with E-state index in [-0.39, 0.29) is 54.1 Å². The summed E-state index contributed by atoms with van der Waals surface area (Å²) in [5.41, 5.74) is 6.55. The molecule has 0 aliphatic carbocycles. The maximum absolute atomic E-state index is 15.1. The van der Waals surface area contributed by atoms with Crippen LogP contribution < -0.4 is 10.5 Å². The number of alkyl halides is 3. The van der Waals surface area contributed by atoms with Crippen LogP contribution in [0.1, 0.15) is 18.0 Å². The fourth-order valence-electron chi connectivity index (χ4n) is 4.51. The molecule has 4 heterocycles. The lowest BCUT2D eigenvalue weighted by Crippen LogP contribution is -2.38. The fourth-order valence-corrected chi connectivity index (χ4v) is 4.51. The fraction of sp³-hybridized carbons (Fsp3) is 0.375. The molecule has 0 saturated carbocycles. The van der Waals surface area contributed by atoms with E-state index < -0.39 is 18.0 Å². The van der Waals surface area contributed by atoms with Crippen molar-refractivity contribution in [1.82, 2.24) is 24.5 Å². The Balaban J connectivity index is 1.56.